The minimum Gasteiger partial charge on any atom is -0.326 e. The summed E-state index contributed by atoms with van der Waals surface area (Å²) in [5.41, 5.74) is 3.22. The van der Waals surface area contributed by atoms with Gasteiger partial charge in [-0.05, 0) is 55.0 Å². The van der Waals surface area contributed by atoms with E-state index in [9.17, 15) is 9.18 Å². The number of anilines is 1. The van der Waals surface area contributed by atoms with Crippen molar-refractivity contribution in [1.82, 2.24) is 14.5 Å². The van der Waals surface area contributed by atoms with E-state index in [0.717, 1.165) is 22.7 Å². The first-order valence-corrected chi connectivity index (χ1v) is 9.14. The summed E-state index contributed by atoms with van der Waals surface area (Å²) in [5.74, 6) is 0.438. The Bertz CT molecular complexity index is 1090. The molecule has 0 aliphatic carbocycles. The van der Waals surface area contributed by atoms with Gasteiger partial charge in [-0.25, -0.2) is 14.4 Å². The zero-order valence-corrected chi connectivity index (χ0v) is 15.2. The Kier molecular flexibility index (Phi) is 5.10. The number of benzene rings is 2. The maximum atomic E-state index is 13.0. The van der Waals surface area contributed by atoms with E-state index >= 15 is 0 Å². The highest BCUT2D eigenvalue weighted by Gasteiger charge is 2.13. The molecule has 2 heterocycles. The summed E-state index contributed by atoms with van der Waals surface area (Å²) in [7, 11) is 0. The van der Waals surface area contributed by atoms with Crippen LogP contribution in [0.1, 0.15) is 18.7 Å². The van der Waals surface area contributed by atoms with Crippen LogP contribution in [0.5, 0.6) is 0 Å². The third-order valence-corrected chi connectivity index (χ3v) is 4.43. The van der Waals surface area contributed by atoms with E-state index in [2.05, 4.69) is 10.3 Å². The molecule has 0 aliphatic heterocycles. The van der Waals surface area contributed by atoms with Gasteiger partial charge in [0.2, 0.25) is 5.91 Å². The number of nitrogens with zero attached hydrogens (tertiary/aromatic N) is 3. The standard InChI is InChI=1S/C22H19FN4O/c23-16-11-13-17(14-12-16)25-21(28)10-4-9-20-26-19-8-5-15-24-22(19)27(20)18-6-2-1-3-7-18/h1-3,5-8,11-15H,4,9-10H2,(H,25,28). The number of imidazole rings is 1. The first kappa shape index (κ1) is 17.9. The molecule has 28 heavy (non-hydrogen) atoms. The van der Waals surface area contributed by atoms with Crippen molar-refractivity contribution < 1.29 is 9.18 Å². The van der Waals surface area contributed by atoms with E-state index in [-0.39, 0.29) is 11.7 Å². The molecule has 1 N–H and O–H groups in total. The van der Waals surface area contributed by atoms with Crippen molar-refractivity contribution >= 4 is 22.8 Å². The summed E-state index contributed by atoms with van der Waals surface area (Å²) in [4.78, 5) is 21.4. The van der Waals surface area contributed by atoms with E-state index in [1.807, 2.05) is 47.0 Å². The van der Waals surface area contributed by atoms with Gasteiger partial charge in [-0.2, -0.15) is 0 Å². The quantitative estimate of drug-likeness (QED) is 0.540. The Balaban J connectivity index is 1.47. The smallest absolute Gasteiger partial charge is 0.224 e. The molecule has 1 amide bonds. The summed E-state index contributed by atoms with van der Waals surface area (Å²) >= 11 is 0. The zero-order valence-electron chi connectivity index (χ0n) is 15.2. The first-order chi connectivity index (χ1) is 13.7. The third kappa shape index (κ3) is 3.91. The number of halogens is 1. The molecule has 2 aromatic carbocycles. The number of nitrogens with one attached hydrogen (secondary N) is 1. The monoisotopic (exact) mass is 374 g/mol. The van der Waals surface area contributed by atoms with Crippen molar-refractivity contribution in [1.29, 1.82) is 0 Å². The maximum Gasteiger partial charge on any atom is 0.224 e. The Morgan fingerprint density at radius 3 is 2.57 bits per heavy atom. The molecule has 4 rings (SSSR count). The molecule has 5 nitrogen and oxygen atoms in total. The number of rotatable bonds is 6. The largest absolute Gasteiger partial charge is 0.326 e. The highest BCUT2D eigenvalue weighted by molar-refractivity contribution is 5.90. The van der Waals surface area contributed by atoms with Gasteiger partial charge in [0.05, 0.1) is 0 Å². The molecule has 0 atom stereocenters. The number of fused-ring (bicyclic) bond motifs is 1. The van der Waals surface area contributed by atoms with Gasteiger partial charge in [0.25, 0.3) is 0 Å². The highest BCUT2D eigenvalue weighted by Crippen LogP contribution is 2.21. The fraction of sp³-hybridized carbons (Fsp3) is 0.136. The molecule has 0 spiro atoms. The average Bonchev–Trinajstić information content (AvgIpc) is 3.08. The van der Waals surface area contributed by atoms with Crippen molar-refractivity contribution in [3.05, 3.63) is 84.6 Å². The summed E-state index contributed by atoms with van der Waals surface area (Å²) in [5, 5.41) is 2.78. The highest BCUT2D eigenvalue weighted by atomic mass is 19.1. The van der Waals surface area contributed by atoms with Crippen molar-refractivity contribution in [2.75, 3.05) is 5.32 Å². The van der Waals surface area contributed by atoms with Crippen LogP contribution in [0, 0.1) is 5.82 Å². The molecule has 4 aromatic rings. The lowest BCUT2D eigenvalue weighted by molar-refractivity contribution is -0.116. The molecule has 0 fully saturated rings. The molecular weight excluding hydrogens is 355 g/mol. The van der Waals surface area contributed by atoms with Crippen LogP contribution in [0.15, 0.2) is 72.9 Å². The molecule has 0 bridgehead atoms. The molecule has 0 radical (unpaired) electrons. The van der Waals surface area contributed by atoms with Crippen molar-refractivity contribution in [3.63, 3.8) is 0 Å². The predicted molar refractivity (Wildman–Crippen MR) is 107 cm³/mol. The van der Waals surface area contributed by atoms with Crippen LogP contribution in [0.3, 0.4) is 0 Å². The zero-order chi connectivity index (χ0) is 19.3. The number of carbonyl (C=O) groups excluding carboxylic acids is 1. The minimum atomic E-state index is -0.327. The number of pyridine rings is 1. The van der Waals surface area contributed by atoms with E-state index in [4.69, 9.17) is 4.98 Å². The van der Waals surface area contributed by atoms with Gasteiger partial charge in [0, 0.05) is 30.4 Å². The molecule has 0 aliphatic rings. The molecule has 0 saturated carbocycles. The Morgan fingerprint density at radius 2 is 1.79 bits per heavy atom. The van der Waals surface area contributed by atoms with Gasteiger partial charge < -0.3 is 5.32 Å². The molecular formula is C22H19FN4O. The van der Waals surface area contributed by atoms with Crippen LogP contribution in [-0.2, 0) is 11.2 Å². The second kappa shape index (κ2) is 8.00. The van der Waals surface area contributed by atoms with Crippen molar-refractivity contribution in [2.24, 2.45) is 0 Å². The number of aromatic nitrogens is 3. The normalized spacial score (nSPS) is 10.9. The SMILES string of the molecule is O=C(CCCc1nc2cccnc2n1-c1ccccc1)Nc1ccc(F)cc1. The van der Waals surface area contributed by atoms with Crippen molar-refractivity contribution in [3.8, 4) is 5.69 Å². The van der Waals surface area contributed by atoms with Crippen LogP contribution >= 0.6 is 0 Å². The van der Waals surface area contributed by atoms with Crippen LogP contribution in [0.4, 0.5) is 10.1 Å². The topological polar surface area (TPSA) is 59.8 Å². The van der Waals surface area contributed by atoms with Gasteiger partial charge in [-0.1, -0.05) is 18.2 Å². The second-order valence-corrected chi connectivity index (χ2v) is 6.45. The Hall–Kier alpha value is -3.54. The maximum absolute atomic E-state index is 13.0. The Morgan fingerprint density at radius 1 is 1.00 bits per heavy atom. The predicted octanol–water partition coefficient (Wildman–Crippen LogP) is 4.52. The summed E-state index contributed by atoms with van der Waals surface area (Å²) in [6, 6.07) is 19.5. The number of aryl methyl sites for hydroxylation is 1. The molecule has 140 valence electrons. The van der Waals surface area contributed by atoms with Crippen LogP contribution in [0.2, 0.25) is 0 Å². The second-order valence-electron chi connectivity index (χ2n) is 6.45. The molecule has 6 heteroatoms. The number of hydrogen-bond acceptors (Lipinski definition) is 3. The summed E-state index contributed by atoms with van der Waals surface area (Å²) in [6.07, 6.45) is 3.39. The lowest BCUT2D eigenvalue weighted by atomic mass is 10.2. The summed E-state index contributed by atoms with van der Waals surface area (Å²) < 4.78 is 15.0. The average molecular weight is 374 g/mol. The van der Waals surface area contributed by atoms with Gasteiger partial charge >= 0.3 is 0 Å². The third-order valence-electron chi connectivity index (χ3n) is 4.43. The molecule has 0 saturated heterocycles. The number of carbonyl (C=O) groups is 1. The van der Waals surface area contributed by atoms with Gasteiger partial charge in [0.15, 0.2) is 5.65 Å². The minimum absolute atomic E-state index is 0.105. The van der Waals surface area contributed by atoms with E-state index in [0.29, 0.717) is 24.9 Å². The number of amides is 1. The van der Waals surface area contributed by atoms with E-state index in [1.165, 1.54) is 12.1 Å². The molecule has 0 unspecified atom stereocenters. The van der Waals surface area contributed by atoms with Gasteiger partial charge in [-0.3, -0.25) is 9.36 Å². The van der Waals surface area contributed by atoms with Crippen molar-refractivity contribution in [2.45, 2.75) is 19.3 Å². The first-order valence-electron chi connectivity index (χ1n) is 9.14. The lowest BCUT2D eigenvalue weighted by Gasteiger charge is -2.09. The molecule has 2 aromatic heterocycles. The summed E-state index contributed by atoms with van der Waals surface area (Å²) in [6.45, 7) is 0. The number of hydrogen-bond donors (Lipinski definition) is 1. The van der Waals surface area contributed by atoms with Crippen LogP contribution in [-0.4, -0.2) is 20.4 Å². The number of para-hydroxylation sites is 1. The van der Waals surface area contributed by atoms with E-state index in [1.54, 1.807) is 18.3 Å². The van der Waals surface area contributed by atoms with E-state index < -0.39 is 0 Å². The Labute approximate surface area is 161 Å². The lowest BCUT2D eigenvalue weighted by Crippen LogP contribution is -2.12. The fourth-order valence-electron chi connectivity index (χ4n) is 3.14. The van der Waals surface area contributed by atoms with Crippen LogP contribution in [0.25, 0.3) is 16.9 Å². The van der Waals surface area contributed by atoms with Gasteiger partial charge in [-0.15, -0.1) is 0 Å². The van der Waals surface area contributed by atoms with Gasteiger partial charge in [0.1, 0.15) is 17.2 Å². The van der Waals surface area contributed by atoms with Crippen LogP contribution < -0.4 is 5.32 Å². The fourth-order valence-corrected chi connectivity index (χ4v) is 3.14.